The number of thiazole rings is 1. The normalized spacial score (nSPS) is 10.6. The molecule has 0 aliphatic rings. The molecule has 0 fully saturated rings. The number of hydrogen-bond donors (Lipinski definition) is 2. The molecular formula is C24H20ClN3O5S. The Morgan fingerprint density at radius 2 is 1.74 bits per heavy atom. The SMILES string of the molecule is COc1ccc(NC(=O)COc2ccc(C(=O)Nc3nc4ccc(Cl)cc4s3)cc2OC)cc1. The molecule has 0 aliphatic carbocycles. The fraction of sp³-hybridized carbons (Fsp3) is 0.125. The first kappa shape index (κ1) is 23.3. The summed E-state index contributed by atoms with van der Waals surface area (Å²) >= 11 is 7.34. The van der Waals surface area contributed by atoms with E-state index in [0.717, 1.165) is 10.2 Å². The van der Waals surface area contributed by atoms with E-state index >= 15 is 0 Å². The molecule has 0 unspecified atom stereocenters. The highest BCUT2D eigenvalue weighted by atomic mass is 35.5. The first-order valence-electron chi connectivity index (χ1n) is 10.1. The van der Waals surface area contributed by atoms with Crippen LogP contribution in [0.5, 0.6) is 17.2 Å². The number of nitrogens with one attached hydrogen (secondary N) is 2. The second kappa shape index (κ2) is 10.4. The van der Waals surface area contributed by atoms with Crippen LogP contribution in [0.4, 0.5) is 10.8 Å². The van der Waals surface area contributed by atoms with Crippen molar-refractivity contribution in [2.75, 3.05) is 31.5 Å². The maximum absolute atomic E-state index is 12.7. The quantitative estimate of drug-likeness (QED) is 0.345. The van der Waals surface area contributed by atoms with E-state index in [0.29, 0.717) is 38.7 Å². The third kappa shape index (κ3) is 5.56. The molecule has 1 aromatic heterocycles. The molecule has 0 radical (unpaired) electrons. The van der Waals surface area contributed by atoms with E-state index in [2.05, 4.69) is 15.6 Å². The molecule has 8 nitrogen and oxygen atoms in total. The lowest BCUT2D eigenvalue weighted by atomic mass is 10.2. The van der Waals surface area contributed by atoms with E-state index < -0.39 is 0 Å². The Morgan fingerprint density at radius 3 is 2.47 bits per heavy atom. The van der Waals surface area contributed by atoms with E-state index in [4.69, 9.17) is 25.8 Å². The summed E-state index contributed by atoms with van der Waals surface area (Å²) in [4.78, 5) is 29.3. The lowest BCUT2D eigenvalue weighted by molar-refractivity contribution is -0.118. The van der Waals surface area contributed by atoms with Gasteiger partial charge in [0.2, 0.25) is 0 Å². The standard InChI is InChI=1S/C24H20ClN3O5S/c1-31-17-7-5-16(6-8-17)26-22(29)13-33-19-10-3-14(11-20(19)32-2)23(30)28-24-27-18-9-4-15(25)12-21(18)34-24/h3-12H,13H2,1-2H3,(H,26,29)(H,27,28,30). The third-order valence-corrected chi connectivity index (χ3v) is 5.90. The first-order valence-corrected chi connectivity index (χ1v) is 11.3. The number of nitrogens with zero attached hydrogens (tertiary/aromatic N) is 1. The lowest BCUT2D eigenvalue weighted by Crippen LogP contribution is -2.20. The van der Waals surface area contributed by atoms with Gasteiger partial charge in [0.25, 0.3) is 11.8 Å². The summed E-state index contributed by atoms with van der Waals surface area (Å²) in [5, 5.41) is 6.57. The van der Waals surface area contributed by atoms with Crippen LogP contribution in [0.1, 0.15) is 10.4 Å². The number of fused-ring (bicyclic) bond motifs is 1. The summed E-state index contributed by atoms with van der Waals surface area (Å²) in [6.07, 6.45) is 0. The van der Waals surface area contributed by atoms with Crippen molar-refractivity contribution in [3.63, 3.8) is 0 Å². The fourth-order valence-corrected chi connectivity index (χ4v) is 4.20. The number of carbonyl (C=O) groups is 2. The average Bonchev–Trinajstić information content (AvgIpc) is 3.24. The van der Waals surface area contributed by atoms with Crippen molar-refractivity contribution in [3.8, 4) is 17.2 Å². The monoisotopic (exact) mass is 497 g/mol. The Morgan fingerprint density at radius 1 is 0.941 bits per heavy atom. The molecule has 0 saturated heterocycles. The van der Waals surface area contributed by atoms with Gasteiger partial charge in [0, 0.05) is 16.3 Å². The van der Waals surface area contributed by atoms with Crippen LogP contribution >= 0.6 is 22.9 Å². The zero-order valence-electron chi connectivity index (χ0n) is 18.3. The van der Waals surface area contributed by atoms with Gasteiger partial charge in [-0.25, -0.2) is 4.98 Å². The largest absolute Gasteiger partial charge is 0.497 e. The van der Waals surface area contributed by atoms with Crippen LogP contribution in [-0.4, -0.2) is 37.6 Å². The summed E-state index contributed by atoms with van der Waals surface area (Å²) in [5.74, 6) is 0.646. The van der Waals surface area contributed by atoms with Crippen molar-refractivity contribution < 1.29 is 23.8 Å². The number of hydrogen-bond acceptors (Lipinski definition) is 7. The summed E-state index contributed by atoms with van der Waals surface area (Å²) < 4.78 is 16.9. The molecule has 4 aromatic rings. The van der Waals surface area contributed by atoms with Gasteiger partial charge in [0.15, 0.2) is 23.2 Å². The Labute approximate surface area is 204 Å². The van der Waals surface area contributed by atoms with Gasteiger partial charge in [-0.2, -0.15) is 0 Å². The highest BCUT2D eigenvalue weighted by Gasteiger charge is 2.15. The van der Waals surface area contributed by atoms with Crippen LogP contribution in [0.15, 0.2) is 60.7 Å². The topological polar surface area (TPSA) is 98.8 Å². The van der Waals surface area contributed by atoms with Crippen molar-refractivity contribution in [2.45, 2.75) is 0 Å². The van der Waals surface area contributed by atoms with Crippen molar-refractivity contribution in [1.82, 2.24) is 4.98 Å². The maximum Gasteiger partial charge on any atom is 0.262 e. The van der Waals surface area contributed by atoms with Crippen molar-refractivity contribution in [2.24, 2.45) is 0 Å². The van der Waals surface area contributed by atoms with E-state index in [1.54, 1.807) is 61.7 Å². The fourth-order valence-electron chi connectivity index (χ4n) is 3.06. The minimum absolute atomic E-state index is 0.234. The highest BCUT2D eigenvalue weighted by molar-refractivity contribution is 7.22. The molecule has 0 aliphatic heterocycles. The average molecular weight is 498 g/mol. The molecule has 1 heterocycles. The molecule has 2 amide bonds. The van der Waals surface area contributed by atoms with Crippen molar-refractivity contribution >= 4 is 55.8 Å². The van der Waals surface area contributed by atoms with Gasteiger partial charge in [-0.15, -0.1) is 0 Å². The third-order valence-electron chi connectivity index (χ3n) is 4.73. The van der Waals surface area contributed by atoms with Gasteiger partial charge in [0.05, 0.1) is 24.4 Å². The second-order valence-electron chi connectivity index (χ2n) is 7.02. The number of aromatic nitrogens is 1. The lowest BCUT2D eigenvalue weighted by Gasteiger charge is -2.12. The predicted octanol–water partition coefficient (Wildman–Crippen LogP) is 5.24. The number of anilines is 2. The highest BCUT2D eigenvalue weighted by Crippen LogP contribution is 2.31. The van der Waals surface area contributed by atoms with Crippen LogP contribution in [0.3, 0.4) is 0 Å². The van der Waals surface area contributed by atoms with E-state index in [1.807, 2.05) is 0 Å². The number of amides is 2. The first-order chi connectivity index (χ1) is 16.4. The molecule has 174 valence electrons. The smallest absolute Gasteiger partial charge is 0.262 e. The van der Waals surface area contributed by atoms with Gasteiger partial charge in [-0.1, -0.05) is 22.9 Å². The molecule has 2 N–H and O–H groups in total. The molecule has 4 rings (SSSR count). The molecule has 0 atom stereocenters. The maximum atomic E-state index is 12.7. The number of ether oxygens (including phenoxy) is 3. The number of benzene rings is 3. The van der Waals surface area contributed by atoms with Crippen LogP contribution in [0, 0.1) is 0 Å². The van der Waals surface area contributed by atoms with Crippen molar-refractivity contribution in [1.29, 1.82) is 0 Å². The zero-order valence-corrected chi connectivity index (χ0v) is 19.8. The molecule has 0 bridgehead atoms. The van der Waals surface area contributed by atoms with Crippen LogP contribution in [0.2, 0.25) is 5.02 Å². The molecular weight excluding hydrogens is 478 g/mol. The molecule has 3 aromatic carbocycles. The second-order valence-corrected chi connectivity index (χ2v) is 8.48. The Kier molecular flexibility index (Phi) is 7.15. The van der Waals surface area contributed by atoms with E-state index in [-0.39, 0.29) is 18.4 Å². The Hall–Kier alpha value is -3.82. The van der Waals surface area contributed by atoms with Gasteiger partial charge in [-0.05, 0) is 60.7 Å². The summed E-state index contributed by atoms with van der Waals surface area (Å²) in [6, 6.07) is 17.0. The van der Waals surface area contributed by atoms with Crippen molar-refractivity contribution in [3.05, 3.63) is 71.2 Å². The minimum atomic E-state index is -0.354. The molecule has 10 heteroatoms. The van der Waals surface area contributed by atoms with Gasteiger partial charge >= 0.3 is 0 Å². The van der Waals surface area contributed by atoms with Crippen LogP contribution in [0.25, 0.3) is 10.2 Å². The van der Waals surface area contributed by atoms with Gasteiger partial charge in [0.1, 0.15) is 5.75 Å². The van der Waals surface area contributed by atoms with Crippen LogP contribution in [-0.2, 0) is 4.79 Å². The van der Waals surface area contributed by atoms with Gasteiger partial charge < -0.3 is 19.5 Å². The van der Waals surface area contributed by atoms with Crippen LogP contribution < -0.4 is 24.8 Å². The predicted molar refractivity (Wildman–Crippen MR) is 133 cm³/mol. The van der Waals surface area contributed by atoms with Gasteiger partial charge in [-0.3, -0.25) is 14.9 Å². The number of carbonyl (C=O) groups excluding carboxylic acids is 2. The Bertz CT molecular complexity index is 1340. The molecule has 0 spiro atoms. The van der Waals surface area contributed by atoms with E-state index in [9.17, 15) is 9.59 Å². The minimum Gasteiger partial charge on any atom is -0.497 e. The zero-order chi connectivity index (χ0) is 24.1. The van der Waals surface area contributed by atoms with E-state index in [1.165, 1.54) is 24.5 Å². The molecule has 0 saturated carbocycles. The Balaban J connectivity index is 1.38. The number of rotatable bonds is 8. The summed E-state index contributed by atoms with van der Waals surface area (Å²) in [5.41, 5.74) is 1.72. The number of methoxy groups -OCH3 is 2. The molecule has 34 heavy (non-hydrogen) atoms. The summed E-state index contributed by atoms with van der Waals surface area (Å²) in [6.45, 7) is -0.234. The summed E-state index contributed by atoms with van der Waals surface area (Å²) in [7, 11) is 3.03. The number of halogens is 1.